The van der Waals surface area contributed by atoms with Crippen LogP contribution in [-0.4, -0.2) is 17.3 Å². The molecule has 1 aromatic rings. The highest BCUT2D eigenvalue weighted by atomic mass is 32.1. The molecule has 0 saturated carbocycles. The fraction of sp³-hybridized carbons (Fsp3) is 0.143. The molecule has 1 aromatic heterocycles. The third-order valence-corrected chi connectivity index (χ3v) is 1.20. The summed E-state index contributed by atoms with van der Waals surface area (Å²) in [5.41, 5.74) is 0.602. The standard InChI is InChI=1S/C7H6N2OS/c1-10-7-6(9-5-11)3-2-4-8-7/h2-4H,1H3. The minimum Gasteiger partial charge on any atom is -0.479 e. The minimum absolute atomic E-state index is 0.463. The van der Waals surface area contributed by atoms with Crippen molar-refractivity contribution in [1.29, 1.82) is 0 Å². The summed E-state index contributed by atoms with van der Waals surface area (Å²) >= 11 is 4.44. The lowest BCUT2D eigenvalue weighted by molar-refractivity contribution is 0.399. The van der Waals surface area contributed by atoms with Crippen LogP contribution in [0.4, 0.5) is 5.69 Å². The Kier molecular flexibility index (Phi) is 2.72. The van der Waals surface area contributed by atoms with Gasteiger partial charge in [-0.1, -0.05) is 0 Å². The van der Waals surface area contributed by atoms with E-state index in [9.17, 15) is 0 Å². The van der Waals surface area contributed by atoms with Gasteiger partial charge < -0.3 is 4.74 Å². The van der Waals surface area contributed by atoms with Gasteiger partial charge in [0.15, 0.2) is 0 Å². The number of ether oxygens (including phenoxy) is 1. The van der Waals surface area contributed by atoms with Crippen LogP contribution in [0.25, 0.3) is 0 Å². The number of methoxy groups -OCH3 is 1. The van der Waals surface area contributed by atoms with Gasteiger partial charge in [0.2, 0.25) is 5.88 Å². The predicted octanol–water partition coefficient (Wildman–Crippen LogP) is 1.82. The van der Waals surface area contributed by atoms with Crippen LogP contribution in [0.3, 0.4) is 0 Å². The molecule has 0 aliphatic carbocycles. The topological polar surface area (TPSA) is 34.5 Å². The number of thiocarbonyl (C=S) groups is 1. The number of hydrogen-bond acceptors (Lipinski definition) is 4. The molecule has 11 heavy (non-hydrogen) atoms. The van der Waals surface area contributed by atoms with E-state index < -0.39 is 0 Å². The number of pyridine rings is 1. The predicted molar refractivity (Wildman–Crippen MR) is 45.5 cm³/mol. The molecule has 0 amide bonds. The number of nitrogens with zero attached hydrogens (tertiary/aromatic N) is 2. The first kappa shape index (κ1) is 7.85. The molecular weight excluding hydrogens is 160 g/mol. The van der Waals surface area contributed by atoms with E-state index in [0.717, 1.165) is 0 Å². The molecule has 1 rings (SSSR count). The van der Waals surface area contributed by atoms with Gasteiger partial charge in [0.25, 0.3) is 0 Å². The number of aromatic nitrogens is 1. The lowest BCUT2D eigenvalue weighted by Crippen LogP contribution is -1.85. The van der Waals surface area contributed by atoms with Gasteiger partial charge in [-0.15, -0.1) is 0 Å². The molecule has 0 N–H and O–H groups in total. The summed E-state index contributed by atoms with van der Waals surface area (Å²) in [5.74, 6) is 0.463. The molecule has 56 valence electrons. The van der Waals surface area contributed by atoms with Crippen molar-refractivity contribution < 1.29 is 4.74 Å². The van der Waals surface area contributed by atoms with Crippen molar-refractivity contribution >= 4 is 23.1 Å². The molecule has 0 fully saturated rings. The number of rotatable bonds is 2. The first-order valence-electron chi connectivity index (χ1n) is 2.95. The highest BCUT2D eigenvalue weighted by Gasteiger charge is 1.98. The molecule has 3 nitrogen and oxygen atoms in total. The first-order chi connectivity index (χ1) is 5.38. The Labute approximate surface area is 69.7 Å². The Bertz CT molecular complexity index is 294. The van der Waals surface area contributed by atoms with Crippen LogP contribution < -0.4 is 4.74 Å². The van der Waals surface area contributed by atoms with Gasteiger partial charge in [0.1, 0.15) is 5.69 Å². The summed E-state index contributed by atoms with van der Waals surface area (Å²) in [4.78, 5) is 7.67. The van der Waals surface area contributed by atoms with Gasteiger partial charge in [-0.25, -0.2) is 4.98 Å². The maximum Gasteiger partial charge on any atom is 0.240 e. The Morgan fingerprint density at radius 3 is 3.18 bits per heavy atom. The summed E-state index contributed by atoms with van der Waals surface area (Å²) in [6, 6.07) is 3.51. The molecular formula is C7H6N2OS. The van der Waals surface area contributed by atoms with E-state index in [1.165, 1.54) is 7.11 Å². The fourth-order valence-electron chi connectivity index (χ4n) is 0.674. The van der Waals surface area contributed by atoms with Crippen molar-refractivity contribution in [3.05, 3.63) is 18.3 Å². The van der Waals surface area contributed by atoms with E-state index in [1.807, 2.05) is 0 Å². The quantitative estimate of drug-likeness (QED) is 0.496. The van der Waals surface area contributed by atoms with Crippen LogP contribution in [0.2, 0.25) is 0 Å². The SMILES string of the molecule is COc1ncccc1N=C=S. The van der Waals surface area contributed by atoms with Gasteiger partial charge in [0, 0.05) is 6.20 Å². The maximum atomic E-state index is 4.91. The van der Waals surface area contributed by atoms with Crippen LogP contribution in [-0.2, 0) is 0 Å². The van der Waals surface area contributed by atoms with Crippen LogP contribution in [0, 0.1) is 0 Å². The Hall–Kier alpha value is -1.25. The molecule has 0 atom stereocenters. The molecule has 0 aromatic carbocycles. The van der Waals surface area contributed by atoms with Crippen molar-refractivity contribution in [2.75, 3.05) is 7.11 Å². The van der Waals surface area contributed by atoms with Crippen LogP contribution in [0.5, 0.6) is 5.88 Å². The lowest BCUT2D eigenvalue weighted by Gasteiger charge is -1.98. The van der Waals surface area contributed by atoms with Crippen LogP contribution in [0.1, 0.15) is 0 Å². The summed E-state index contributed by atoms with van der Waals surface area (Å²) in [7, 11) is 1.53. The Morgan fingerprint density at radius 1 is 1.73 bits per heavy atom. The fourth-order valence-corrected chi connectivity index (χ4v) is 0.772. The minimum atomic E-state index is 0.463. The first-order valence-corrected chi connectivity index (χ1v) is 3.36. The molecule has 0 saturated heterocycles. The van der Waals surface area contributed by atoms with Gasteiger partial charge in [-0.2, -0.15) is 4.99 Å². The summed E-state index contributed by atoms with van der Waals surface area (Å²) in [5, 5.41) is 2.25. The zero-order chi connectivity index (χ0) is 8.10. The second-order valence-electron chi connectivity index (χ2n) is 1.73. The molecule has 0 radical (unpaired) electrons. The average molecular weight is 166 g/mol. The van der Waals surface area contributed by atoms with Gasteiger partial charge in [-0.05, 0) is 24.4 Å². The Balaban J connectivity index is 3.11. The molecule has 0 aliphatic rings. The molecule has 0 bridgehead atoms. The zero-order valence-electron chi connectivity index (χ0n) is 5.94. The van der Waals surface area contributed by atoms with Crippen LogP contribution in [0.15, 0.2) is 23.3 Å². The number of hydrogen-bond donors (Lipinski definition) is 0. The molecule has 0 aliphatic heterocycles. The second kappa shape index (κ2) is 3.81. The zero-order valence-corrected chi connectivity index (χ0v) is 6.76. The third kappa shape index (κ3) is 1.83. The van der Waals surface area contributed by atoms with Crippen molar-refractivity contribution in [2.24, 2.45) is 4.99 Å². The van der Waals surface area contributed by atoms with E-state index >= 15 is 0 Å². The van der Waals surface area contributed by atoms with E-state index in [2.05, 4.69) is 27.4 Å². The maximum absolute atomic E-state index is 4.91. The van der Waals surface area contributed by atoms with Crippen molar-refractivity contribution in [1.82, 2.24) is 4.98 Å². The molecule has 4 heteroatoms. The average Bonchev–Trinajstić information content (AvgIpc) is 2.06. The smallest absolute Gasteiger partial charge is 0.240 e. The number of aliphatic imine (C=N–C) groups is 1. The highest BCUT2D eigenvalue weighted by molar-refractivity contribution is 7.78. The third-order valence-electron chi connectivity index (χ3n) is 1.11. The lowest BCUT2D eigenvalue weighted by atomic mass is 10.4. The largest absolute Gasteiger partial charge is 0.479 e. The van der Waals surface area contributed by atoms with Gasteiger partial charge >= 0.3 is 0 Å². The molecule has 0 unspecified atom stereocenters. The highest BCUT2D eigenvalue weighted by Crippen LogP contribution is 2.22. The summed E-state index contributed by atoms with van der Waals surface area (Å²) in [6.45, 7) is 0. The van der Waals surface area contributed by atoms with E-state index in [4.69, 9.17) is 4.74 Å². The summed E-state index contributed by atoms with van der Waals surface area (Å²) in [6.07, 6.45) is 1.63. The summed E-state index contributed by atoms with van der Waals surface area (Å²) < 4.78 is 4.91. The van der Waals surface area contributed by atoms with Crippen LogP contribution >= 0.6 is 12.2 Å². The van der Waals surface area contributed by atoms with Crippen molar-refractivity contribution in [3.8, 4) is 5.88 Å². The van der Waals surface area contributed by atoms with Gasteiger partial charge in [0.05, 0.1) is 12.3 Å². The van der Waals surface area contributed by atoms with E-state index in [1.54, 1.807) is 18.3 Å². The number of isothiocyanates is 1. The monoisotopic (exact) mass is 166 g/mol. The van der Waals surface area contributed by atoms with E-state index in [-0.39, 0.29) is 0 Å². The van der Waals surface area contributed by atoms with Crippen molar-refractivity contribution in [3.63, 3.8) is 0 Å². The second-order valence-corrected chi connectivity index (χ2v) is 1.92. The normalized spacial score (nSPS) is 8.45. The van der Waals surface area contributed by atoms with E-state index in [0.29, 0.717) is 11.6 Å². The Morgan fingerprint density at radius 2 is 2.55 bits per heavy atom. The van der Waals surface area contributed by atoms with Crippen molar-refractivity contribution in [2.45, 2.75) is 0 Å². The van der Waals surface area contributed by atoms with Gasteiger partial charge in [-0.3, -0.25) is 0 Å². The molecule has 1 heterocycles. The molecule has 0 spiro atoms.